The summed E-state index contributed by atoms with van der Waals surface area (Å²) in [6.07, 6.45) is 1.51. The Morgan fingerprint density at radius 3 is 2.61 bits per heavy atom. The highest BCUT2D eigenvalue weighted by molar-refractivity contribution is 6.21. The maximum absolute atomic E-state index is 13.5. The van der Waals surface area contributed by atoms with E-state index in [0.717, 1.165) is 49.2 Å². The molecule has 0 saturated carbocycles. The molecular weight excluding hydrogens is 421 g/mol. The molecule has 31 heavy (non-hydrogen) atoms. The molecule has 3 heterocycles. The Hall–Kier alpha value is -2.81. The number of carbonyl (C=O) groups is 2. The smallest absolute Gasteiger partial charge is 0.258 e. The Labute approximate surface area is 184 Å². The molecule has 2 amide bonds. The topological polar surface area (TPSA) is 90.1 Å². The van der Waals surface area contributed by atoms with Crippen molar-refractivity contribution in [2.24, 2.45) is 0 Å². The van der Waals surface area contributed by atoms with Gasteiger partial charge in [-0.05, 0) is 48.7 Å². The second kappa shape index (κ2) is 8.74. The van der Waals surface area contributed by atoms with Gasteiger partial charge in [-0.15, -0.1) is 12.4 Å². The predicted molar refractivity (Wildman–Crippen MR) is 117 cm³/mol. The fraction of sp³-hybridized carbons (Fsp3) is 0.318. The lowest BCUT2D eigenvalue weighted by Crippen LogP contribution is -2.45. The quantitative estimate of drug-likeness (QED) is 0.527. The number of carbonyl (C=O) groups excluding carboxylic acids is 2. The van der Waals surface area contributed by atoms with Crippen LogP contribution in [0.1, 0.15) is 44.4 Å². The number of halogens is 2. The zero-order chi connectivity index (χ0) is 20.7. The SMILES string of the molecule is Cl.O=C1NC(=O)c2cc(C(CCc3n[nH]c4cc(F)ccc34)N3CCNCC3)ccc21. The van der Waals surface area contributed by atoms with Crippen molar-refractivity contribution in [1.82, 2.24) is 25.7 Å². The van der Waals surface area contributed by atoms with Crippen LogP contribution in [0.4, 0.5) is 4.39 Å². The Kier molecular flexibility index (Phi) is 6.04. The molecule has 2 aromatic carbocycles. The third kappa shape index (κ3) is 4.06. The number of imide groups is 1. The summed E-state index contributed by atoms with van der Waals surface area (Å²) in [5.74, 6) is -0.964. The minimum Gasteiger partial charge on any atom is -0.314 e. The van der Waals surface area contributed by atoms with Crippen molar-refractivity contribution in [1.29, 1.82) is 0 Å². The van der Waals surface area contributed by atoms with Crippen LogP contribution in [-0.4, -0.2) is 53.1 Å². The van der Waals surface area contributed by atoms with Gasteiger partial charge in [0.15, 0.2) is 0 Å². The van der Waals surface area contributed by atoms with E-state index in [1.807, 2.05) is 12.1 Å². The molecule has 9 heteroatoms. The number of benzene rings is 2. The first-order valence-corrected chi connectivity index (χ1v) is 10.2. The Balaban J connectivity index is 0.00000231. The number of aromatic nitrogens is 2. The molecule has 7 nitrogen and oxygen atoms in total. The molecule has 2 aliphatic heterocycles. The average molecular weight is 444 g/mol. The second-order valence-corrected chi connectivity index (χ2v) is 7.79. The molecule has 0 aliphatic carbocycles. The standard InChI is InChI=1S/C22H22FN5O2.ClH/c23-14-2-4-16-18(26-27-19(16)12-14)5-6-20(28-9-7-24-8-10-28)13-1-3-15-17(11-13)22(30)25-21(15)29;/h1-4,11-12,20,24H,5-10H2,(H,26,27)(H,25,29,30);1H. The molecule has 5 rings (SSSR count). The molecule has 162 valence electrons. The molecule has 0 spiro atoms. The van der Waals surface area contributed by atoms with E-state index >= 15 is 0 Å². The number of hydrogen-bond donors (Lipinski definition) is 3. The van der Waals surface area contributed by atoms with Crippen molar-refractivity contribution in [2.45, 2.75) is 18.9 Å². The summed E-state index contributed by atoms with van der Waals surface area (Å²) in [6.45, 7) is 3.62. The number of nitrogens with zero attached hydrogens (tertiary/aromatic N) is 2. The van der Waals surface area contributed by atoms with Crippen molar-refractivity contribution in [3.63, 3.8) is 0 Å². The number of nitrogens with one attached hydrogen (secondary N) is 3. The normalized spacial score (nSPS) is 17.3. The summed E-state index contributed by atoms with van der Waals surface area (Å²) < 4.78 is 13.5. The Bertz CT molecular complexity index is 1140. The number of H-pyrrole nitrogens is 1. The first-order chi connectivity index (χ1) is 14.6. The number of aromatic amines is 1. The van der Waals surface area contributed by atoms with Crippen LogP contribution >= 0.6 is 12.4 Å². The van der Waals surface area contributed by atoms with Crippen LogP contribution in [0, 0.1) is 5.82 Å². The highest BCUT2D eigenvalue weighted by atomic mass is 35.5. The Morgan fingerprint density at radius 1 is 1.03 bits per heavy atom. The van der Waals surface area contributed by atoms with Gasteiger partial charge in [0.05, 0.1) is 22.3 Å². The van der Waals surface area contributed by atoms with Gasteiger partial charge in [0.25, 0.3) is 11.8 Å². The molecule has 0 radical (unpaired) electrons. The molecule has 1 unspecified atom stereocenters. The van der Waals surface area contributed by atoms with Crippen molar-refractivity contribution < 1.29 is 14.0 Å². The van der Waals surface area contributed by atoms with E-state index in [-0.39, 0.29) is 36.1 Å². The highest BCUT2D eigenvalue weighted by Gasteiger charge is 2.29. The molecule has 1 saturated heterocycles. The van der Waals surface area contributed by atoms with Crippen molar-refractivity contribution in [3.8, 4) is 0 Å². The lowest BCUT2D eigenvalue weighted by molar-refractivity contribution is 0.0879. The van der Waals surface area contributed by atoms with Crippen LogP contribution < -0.4 is 10.6 Å². The Morgan fingerprint density at radius 2 is 1.81 bits per heavy atom. The van der Waals surface area contributed by atoms with E-state index in [1.165, 1.54) is 12.1 Å². The fourth-order valence-electron chi connectivity index (χ4n) is 4.46. The van der Waals surface area contributed by atoms with Crippen LogP contribution in [0.25, 0.3) is 10.9 Å². The first-order valence-electron chi connectivity index (χ1n) is 10.2. The van der Waals surface area contributed by atoms with E-state index in [2.05, 4.69) is 25.7 Å². The van der Waals surface area contributed by atoms with Crippen LogP contribution in [0.2, 0.25) is 0 Å². The minimum atomic E-state index is -0.338. The molecule has 1 fully saturated rings. The van der Waals surface area contributed by atoms with Gasteiger partial charge in [-0.3, -0.25) is 24.9 Å². The van der Waals surface area contributed by atoms with Crippen LogP contribution in [0.3, 0.4) is 0 Å². The molecule has 3 N–H and O–H groups in total. The van der Waals surface area contributed by atoms with Gasteiger partial charge in [-0.1, -0.05) is 6.07 Å². The molecular formula is C22H23ClFN5O2. The summed E-state index contributed by atoms with van der Waals surface area (Å²) in [5, 5.41) is 14.0. The number of fused-ring (bicyclic) bond motifs is 2. The number of rotatable bonds is 5. The van der Waals surface area contributed by atoms with Gasteiger partial charge in [0.2, 0.25) is 0 Å². The number of piperazine rings is 1. The van der Waals surface area contributed by atoms with Crippen LogP contribution in [0.15, 0.2) is 36.4 Å². The first kappa shape index (κ1) is 21.4. The highest BCUT2D eigenvalue weighted by Crippen LogP contribution is 2.30. The van der Waals surface area contributed by atoms with Gasteiger partial charge >= 0.3 is 0 Å². The van der Waals surface area contributed by atoms with E-state index in [4.69, 9.17) is 0 Å². The zero-order valence-electron chi connectivity index (χ0n) is 16.8. The van der Waals surface area contributed by atoms with Gasteiger partial charge in [0, 0.05) is 37.6 Å². The molecule has 3 aromatic rings. The molecule has 0 bridgehead atoms. The number of amides is 2. The summed E-state index contributed by atoms with van der Waals surface area (Å²) in [6, 6.07) is 10.3. The zero-order valence-corrected chi connectivity index (χ0v) is 17.6. The third-order valence-corrected chi connectivity index (χ3v) is 6.00. The average Bonchev–Trinajstić information content (AvgIpc) is 3.28. The van der Waals surface area contributed by atoms with Crippen molar-refractivity contribution in [3.05, 3.63) is 64.6 Å². The van der Waals surface area contributed by atoms with Gasteiger partial charge in [-0.25, -0.2) is 4.39 Å². The summed E-state index contributed by atoms with van der Waals surface area (Å²) in [7, 11) is 0. The predicted octanol–water partition coefficient (Wildman–Crippen LogP) is 2.59. The van der Waals surface area contributed by atoms with E-state index in [1.54, 1.807) is 12.1 Å². The molecule has 1 atom stereocenters. The van der Waals surface area contributed by atoms with Crippen LogP contribution in [-0.2, 0) is 6.42 Å². The lowest BCUT2D eigenvalue weighted by Gasteiger charge is -2.35. The van der Waals surface area contributed by atoms with Crippen molar-refractivity contribution in [2.75, 3.05) is 26.2 Å². The van der Waals surface area contributed by atoms with Crippen molar-refractivity contribution >= 4 is 35.1 Å². The second-order valence-electron chi connectivity index (χ2n) is 7.79. The van der Waals surface area contributed by atoms with Crippen LogP contribution in [0.5, 0.6) is 0 Å². The molecule has 2 aliphatic rings. The van der Waals surface area contributed by atoms with E-state index < -0.39 is 0 Å². The number of hydrogen-bond acceptors (Lipinski definition) is 5. The lowest BCUT2D eigenvalue weighted by atomic mass is 9.95. The van der Waals surface area contributed by atoms with E-state index in [0.29, 0.717) is 23.1 Å². The maximum atomic E-state index is 13.5. The summed E-state index contributed by atoms with van der Waals surface area (Å²) >= 11 is 0. The molecule has 1 aromatic heterocycles. The monoisotopic (exact) mass is 443 g/mol. The minimum absolute atomic E-state index is 0. The largest absolute Gasteiger partial charge is 0.314 e. The van der Waals surface area contributed by atoms with Gasteiger partial charge < -0.3 is 5.32 Å². The number of aryl methyl sites for hydroxylation is 1. The third-order valence-electron chi connectivity index (χ3n) is 6.00. The van der Waals surface area contributed by atoms with E-state index in [9.17, 15) is 14.0 Å². The van der Waals surface area contributed by atoms with Gasteiger partial charge in [-0.2, -0.15) is 5.10 Å². The maximum Gasteiger partial charge on any atom is 0.258 e. The summed E-state index contributed by atoms with van der Waals surface area (Å²) in [5.41, 5.74) is 3.49. The fourth-order valence-corrected chi connectivity index (χ4v) is 4.46. The summed E-state index contributed by atoms with van der Waals surface area (Å²) in [4.78, 5) is 26.4. The van der Waals surface area contributed by atoms with Gasteiger partial charge in [0.1, 0.15) is 5.82 Å².